The molecular formula is C16H18FNO2. The Morgan fingerprint density at radius 3 is 2.55 bits per heavy atom. The first-order valence-corrected chi connectivity index (χ1v) is 6.39. The standard InChI is InChI=1S/C16H18FNO2/c1-11(19)14-8-5-9-15(17)16(14)18(2)12-6-4-7-13(10-12)20-3/h4-11,19H,1-3H3/t11-/m1/s1. The van der Waals surface area contributed by atoms with Crippen molar-refractivity contribution in [3.05, 3.63) is 53.8 Å². The summed E-state index contributed by atoms with van der Waals surface area (Å²) in [5, 5.41) is 9.81. The van der Waals surface area contributed by atoms with Gasteiger partial charge in [-0.1, -0.05) is 18.2 Å². The third-order valence-electron chi connectivity index (χ3n) is 3.24. The lowest BCUT2D eigenvalue weighted by atomic mass is 10.1. The van der Waals surface area contributed by atoms with Gasteiger partial charge in [-0.2, -0.15) is 0 Å². The average molecular weight is 275 g/mol. The van der Waals surface area contributed by atoms with E-state index in [1.807, 2.05) is 24.3 Å². The minimum Gasteiger partial charge on any atom is -0.497 e. The van der Waals surface area contributed by atoms with Crippen LogP contribution in [0, 0.1) is 5.82 Å². The summed E-state index contributed by atoms with van der Waals surface area (Å²) in [6, 6.07) is 12.1. The summed E-state index contributed by atoms with van der Waals surface area (Å²) in [5.74, 6) is 0.331. The molecule has 3 nitrogen and oxygen atoms in total. The minimum atomic E-state index is -0.742. The number of ether oxygens (including phenoxy) is 1. The van der Waals surface area contributed by atoms with Crippen LogP contribution < -0.4 is 9.64 Å². The highest BCUT2D eigenvalue weighted by molar-refractivity contribution is 5.67. The summed E-state index contributed by atoms with van der Waals surface area (Å²) in [7, 11) is 3.35. The van der Waals surface area contributed by atoms with Gasteiger partial charge >= 0.3 is 0 Å². The number of hydrogen-bond acceptors (Lipinski definition) is 3. The molecular weight excluding hydrogens is 257 g/mol. The fraction of sp³-hybridized carbons (Fsp3) is 0.250. The number of hydrogen-bond donors (Lipinski definition) is 1. The van der Waals surface area contributed by atoms with E-state index in [0.717, 1.165) is 5.69 Å². The Bertz CT molecular complexity index is 599. The molecule has 1 atom stereocenters. The second kappa shape index (κ2) is 5.92. The number of halogens is 1. The highest BCUT2D eigenvalue weighted by atomic mass is 19.1. The zero-order valence-electron chi connectivity index (χ0n) is 11.8. The Labute approximate surface area is 118 Å². The van der Waals surface area contributed by atoms with E-state index in [9.17, 15) is 9.50 Å². The molecule has 0 spiro atoms. The Kier molecular flexibility index (Phi) is 4.25. The van der Waals surface area contributed by atoms with Crippen LogP contribution in [0.15, 0.2) is 42.5 Å². The van der Waals surface area contributed by atoms with Crippen molar-refractivity contribution in [1.29, 1.82) is 0 Å². The molecule has 0 aliphatic carbocycles. The van der Waals surface area contributed by atoms with Gasteiger partial charge in [0.15, 0.2) is 0 Å². The second-order valence-electron chi connectivity index (χ2n) is 4.61. The molecule has 20 heavy (non-hydrogen) atoms. The summed E-state index contributed by atoms with van der Waals surface area (Å²) in [5.41, 5.74) is 1.71. The summed E-state index contributed by atoms with van der Waals surface area (Å²) in [6.45, 7) is 1.62. The van der Waals surface area contributed by atoms with Crippen molar-refractivity contribution >= 4 is 11.4 Å². The van der Waals surface area contributed by atoms with Crippen LogP contribution in [0.2, 0.25) is 0 Å². The second-order valence-corrected chi connectivity index (χ2v) is 4.61. The van der Waals surface area contributed by atoms with Crippen LogP contribution in [0.3, 0.4) is 0 Å². The van der Waals surface area contributed by atoms with Gasteiger partial charge in [-0.05, 0) is 25.1 Å². The van der Waals surface area contributed by atoms with Gasteiger partial charge in [0, 0.05) is 24.4 Å². The Hall–Kier alpha value is -2.07. The first kappa shape index (κ1) is 14.3. The summed E-state index contributed by atoms with van der Waals surface area (Å²) >= 11 is 0. The van der Waals surface area contributed by atoms with Crippen LogP contribution in [0.5, 0.6) is 5.75 Å². The molecule has 106 valence electrons. The van der Waals surface area contributed by atoms with Crippen LogP contribution in [-0.2, 0) is 0 Å². The summed E-state index contributed by atoms with van der Waals surface area (Å²) in [6.07, 6.45) is -0.742. The Balaban J connectivity index is 2.49. The molecule has 1 N–H and O–H groups in total. The van der Waals surface area contributed by atoms with Gasteiger partial charge in [-0.25, -0.2) is 4.39 Å². The fourth-order valence-corrected chi connectivity index (χ4v) is 2.17. The molecule has 0 aliphatic rings. The Morgan fingerprint density at radius 1 is 1.20 bits per heavy atom. The SMILES string of the molecule is COc1cccc(N(C)c2c(F)cccc2[C@@H](C)O)c1. The van der Waals surface area contributed by atoms with E-state index in [4.69, 9.17) is 4.74 Å². The van der Waals surface area contributed by atoms with Crippen molar-refractivity contribution in [2.75, 3.05) is 19.1 Å². The fourth-order valence-electron chi connectivity index (χ4n) is 2.17. The third kappa shape index (κ3) is 2.75. The first-order valence-electron chi connectivity index (χ1n) is 6.39. The zero-order chi connectivity index (χ0) is 14.7. The van der Waals surface area contributed by atoms with Crippen LogP contribution in [0.25, 0.3) is 0 Å². The highest BCUT2D eigenvalue weighted by Gasteiger charge is 2.17. The van der Waals surface area contributed by atoms with Gasteiger partial charge < -0.3 is 14.7 Å². The molecule has 0 aromatic heterocycles. The molecule has 0 amide bonds. The maximum atomic E-state index is 14.1. The summed E-state index contributed by atoms with van der Waals surface area (Å²) in [4.78, 5) is 1.71. The van der Waals surface area contributed by atoms with Gasteiger partial charge in [0.25, 0.3) is 0 Å². The van der Waals surface area contributed by atoms with E-state index in [0.29, 0.717) is 17.0 Å². The number of benzene rings is 2. The first-order chi connectivity index (χ1) is 9.54. The van der Waals surface area contributed by atoms with E-state index in [1.54, 1.807) is 38.1 Å². The molecule has 0 radical (unpaired) electrons. The van der Waals surface area contributed by atoms with Crippen molar-refractivity contribution < 1.29 is 14.2 Å². The molecule has 0 heterocycles. The Morgan fingerprint density at radius 2 is 1.90 bits per heavy atom. The minimum absolute atomic E-state index is 0.367. The van der Waals surface area contributed by atoms with Gasteiger partial charge in [0.05, 0.1) is 18.9 Å². The van der Waals surface area contributed by atoms with Gasteiger partial charge in [-0.3, -0.25) is 0 Å². The predicted octanol–water partition coefficient (Wildman–Crippen LogP) is 3.66. The lowest BCUT2D eigenvalue weighted by molar-refractivity contribution is 0.199. The zero-order valence-corrected chi connectivity index (χ0v) is 11.8. The average Bonchev–Trinajstić information content (AvgIpc) is 2.46. The smallest absolute Gasteiger partial charge is 0.147 e. The van der Waals surface area contributed by atoms with Crippen molar-refractivity contribution in [1.82, 2.24) is 0 Å². The summed E-state index contributed by atoms with van der Waals surface area (Å²) < 4.78 is 19.3. The number of rotatable bonds is 4. The molecule has 2 aromatic rings. The maximum Gasteiger partial charge on any atom is 0.147 e. The topological polar surface area (TPSA) is 32.7 Å². The molecule has 0 saturated carbocycles. The normalized spacial score (nSPS) is 12.1. The number of para-hydroxylation sites is 1. The lowest BCUT2D eigenvalue weighted by Gasteiger charge is -2.24. The van der Waals surface area contributed by atoms with E-state index >= 15 is 0 Å². The van der Waals surface area contributed by atoms with Crippen LogP contribution in [0.1, 0.15) is 18.6 Å². The molecule has 0 aliphatic heterocycles. The maximum absolute atomic E-state index is 14.1. The number of methoxy groups -OCH3 is 1. The molecule has 2 rings (SSSR count). The highest BCUT2D eigenvalue weighted by Crippen LogP contribution is 2.34. The largest absolute Gasteiger partial charge is 0.497 e. The molecule has 4 heteroatoms. The molecule has 2 aromatic carbocycles. The molecule has 0 saturated heterocycles. The number of aliphatic hydroxyl groups is 1. The molecule has 0 fully saturated rings. The molecule has 0 bridgehead atoms. The van der Waals surface area contributed by atoms with E-state index in [2.05, 4.69) is 0 Å². The number of nitrogens with zero attached hydrogens (tertiary/aromatic N) is 1. The van der Waals surface area contributed by atoms with Crippen LogP contribution in [-0.4, -0.2) is 19.3 Å². The van der Waals surface area contributed by atoms with Crippen molar-refractivity contribution in [3.63, 3.8) is 0 Å². The predicted molar refractivity (Wildman–Crippen MR) is 78.1 cm³/mol. The monoisotopic (exact) mass is 275 g/mol. The lowest BCUT2D eigenvalue weighted by Crippen LogP contribution is -2.14. The number of anilines is 2. The quantitative estimate of drug-likeness (QED) is 0.924. The van der Waals surface area contributed by atoms with Gasteiger partial charge in [0.2, 0.25) is 0 Å². The van der Waals surface area contributed by atoms with E-state index < -0.39 is 6.10 Å². The van der Waals surface area contributed by atoms with Crippen molar-refractivity contribution in [2.45, 2.75) is 13.0 Å². The van der Waals surface area contributed by atoms with Crippen molar-refractivity contribution in [3.8, 4) is 5.75 Å². The van der Waals surface area contributed by atoms with Gasteiger partial charge in [0.1, 0.15) is 11.6 Å². The molecule has 0 unspecified atom stereocenters. The van der Waals surface area contributed by atoms with Crippen LogP contribution in [0.4, 0.5) is 15.8 Å². The van der Waals surface area contributed by atoms with Gasteiger partial charge in [-0.15, -0.1) is 0 Å². The van der Waals surface area contributed by atoms with Crippen molar-refractivity contribution in [2.24, 2.45) is 0 Å². The van der Waals surface area contributed by atoms with E-state index in [-0.39, 0.29) is 5.82 Å². The number of aliphatic hydroxyl groups excluding tert-OH is 1. The van der Waals surface area contributed by atoms with Crippen LogP contribution >= 0.6 is 0 Å². The van der Waals surface area contributed by atoms with E-state index in [1.165, 1.54) is 6.07 Å². The third-order valence-corrected chi connectivity index (χ3v) is 3.24.